The van der Waals surface area contributed by atoms with Crippen LogP contribution in [0, 0.1) is 0 Å². The smallest absolute Gasteiger partial charge is 0.114 e. The Morgan fingerprint density at radius 2 is 2.14 bits per heavy atom. The molecule has 2 aliphatic rings. The van der Waals surface area contributed by atoms with E-state index in [9.17, 15) is 5.11 Å². The lowest BCUT2D eigenvalue weighted by Gasteiger charge is -2.34. The summed E-state index contributed by atoms with van der Waals surface area (Å²) in [6.45, 7) is 3.52. The van der Waals surface area contributed by atoms with Crippen molar-refractivity contribution in [1.29, 1.82) is 0 Å². The van der Waals surface area contributed by atoms with Gasteiger partial charge in [0, 0.05) is 17.8 Å². The van der Waals surface area contributed by atoms with Crippen LogP contribution in [0.4, 0.5) is 0 Å². The zero-order chi connectivity index (χ0) is 14.9. The zero-order valence-electron chi connectivity index (χ0n) is 13.0. The van der Waals surface area contributed by atoms with Gasteiger partial charge >= 0.3 is 0 Å². The molecular weight excluding hydrogens is 284 g/mol. The molecule has 118 valence electrons. The van der Waals surface area contributed by atoms with Crippen molar-refractivity contribution in [2.24, 2.45) is 0 Å². The molecule has 0 amide bonds. The molecule has 0 spiro atoms. The Bertz CT molecular complexity index is 464. The fraction of sp³-hybridized carbons (Fsp3) is 0.867. The molecule has 2 fully saturated rings. The highest BCUT2D eigenvalue weighted by Gasteiger charge is 2.31. The molecule has 1 aliphatic heterocycles. The molecule has 1 aromatic heterocycles. The van der Waals surface area contributed by atoms with Crippen LogP contribution in [-0.4, -0.2) is 43.7 Å². The molecule has 1 aliphatic carbocycles. The maximum absolute atomic E-state index is 10.1. The molecule has 3 atom stereocenters. The molecule has 5 nitrogen and oxygen atoms in total. The Kier molecular flexibility index (Phi) is 4.57. The Balaban J connectivity index is 1.72. The predicted octanol–water partition coefficient (Wildman–Crippen LogP) is 2.08. The van der Waals surface area contributed by atoms with Crippen molar-refractivity contribution in [2.45, 2.75) is 69.7 Å². The third kappa shape index (κ3) is 3.60. The number of nitrogens with one attached hydrogen (secondary N) is 1. The Labute approximate surface area is 130 Å². The summed E-state index contributed by atoms with van der Waals surface area (Å²) in [4.78, 5) is 0. The van der Waals surface area contributed by atoms with Gasteiger partial charge in [-0.2, -0.15) is 11.8 Å². The number of hydrogen-bond acceptors (Lipinski definition) is 5. The Morgan fingerprint density at radius 1 is 1.33 bits per heavy atom. The Morgan fingerprint density at radius 3 is 2.81 bits per heavy atom. The average Bonchev–Trinajstić information content (AvgIpc) is 3.09. The molecule has 0 radical (unpaired) electrons. The molecule has 1 saturated heterocycles. The van der Waals surface area contributed by atoms with E-state index < -0.39 is 5.60 Å². The first-order valence-corrected chi connectivity index (χ1v) is 9.18. The van der Waals surface area contributed by atoms with Gasteiger partial charge < -0.3 is 10.4 Å². The number of hydrogen-bond donors (Lipinski definition) is 2. The van der Waals surface area contributed by atoms with E-state index in [1.807, 2.05) is 22.6 Å². The second-order valence-corrected chi connectivity index (χ2v) is 7.98. The lowest BCUT2D eigenvalue weighted by atomic mass is 9.89. The van der Waals surface area contributed by atoms with Gasteiger partial charge in [0.15, 0.2) is 0 Å². The monoisotopic (exact) mass is 310 g/mol. The molecule has 0 unspecified atom stereocenters. The SMILES string of the molecule is CC(C)(O)c1cn([C@@H]2CCCC[C@@H]2N[C@H]2CCSC2)nn1. The molecule has 3 rings (SSSR count). The van der Waals surface area contributed by atoms with E-state index in [1.54, 1.807) is 13.8 Å². The van der Waals surface area contributed by atoms with E-state index in [-0.39, 0.29) is 0 Å². The van der Waals surface area contributed by atoms with Crippen LogP contribution in [0.2, 0.25) is 0 Å². The summed E-state index contributed by atoms with van der Waals surface area (Å²) in [5.74, 6) is 2.51. The van der Waals surface area contributed by atoms with E-state index in [0.717, 1.165) is 6.42 Å². The summed E-state index contributed by atoms with van der Waals surface area (Å²) in [6, 6.07) is 1.50. The standard InChI is InChI=1S/C15H26N4OS/c1-15(2,20)14-9-19(18-17-14)13-6-4-3-5-12(13)16-11-7-8-21-10-11/h9,11-13,16,20H,3-8,10H2,1-2H3/t11-,12-,13+/m0/s1. The molecule has 6 heteroatoms. The van der Waals surface area contributed by atoms with Crippen molar-refractivity contribution >= 4 is 11.8 Å². The van der Waals surface area contributed by atoms with Gasteiger partial charge in [0.05, 0.1) is 12.2 Å². The minimum Gasteiger partial charge on any atom is -0.384 e. The topological polar surface area (TPSA) is 63.0 Å². The lowest BCUT2D eigenvalue weighted by Crippen LogP contribution is -2.45. The van der Waals surface area contributed by atoms with Gasteiger partial charge in [-0.25, -0.2) is 4.68 Å². The molecular formula is C15H26N4OS. The summed E-state index contributed by atoms with van der Waals surface area (Å²) >= 11 is 2.04. The van der Waals surface area contributed by atoms with E-state index >= 15 is 0 Å². The fourth-order valence-corrected chi connectivity index (χ4v) is 4.48. The number of thioether (sulfide) groups is 1. The van der Waals surface area contributed by atoms with Crippen LogP contribution >= 0.6 is 11.8 Å². The first-order chi connectivity index (χ1) is 10.0. The zero-order valence-corrected chi connectivity index (χ0v) is 13.8. The molecule has 1 saturated carbocycles. The predicted molar refractivity (Wildman–Crippen MR) is 85.4 cm³/mol. The van der Waals surface area contributed by atoms with Gasteiger partial charge in [0.1, 0.15) is 11.3 Å². The van der Waals surface area contributed by atoms with Crippen molar-refractivity contribution in [2.75, 3.05) is 11.5 Å². The van der Waals surface area contributed by atoms with Crippen molar-refractivity contribution < 1.29 is 5.11 Å². The van der Waals surface area contributed by atoms with Crippen LogP contribution in [0.3, 0.4) is 0 Å². The molecule has 0 bridgehead atoms. The average molecular weight is 310 g/mol. The molecule has 2 N–H and O–H groups in total. The molecule has 2 heterocycles. The Hall–Kier alpha value is -0.590. The molecule has 21 heavy (non-hydrogen) atoms. The minimum absolute atomic E-state index is 0.368. The highest BCUT2D eigenvalue weighted by molar-refractivity contribution is 7.99. The summed E-state index contributed by atoms with van der Waals surface area (Å²) in [5, 5.41) is 22.4. The number of rotatable bonds is 4. The number of nitrogens with zero attached hydrogens (tertiary/aromatic N) is 3. The van der Waals surface area contributed by atoms with Crippen LogP contribution in [0.15, 0.2) is 6.20 Å². The number of aromatic nitrogens is 3. The summed E-state index contributed by atoms with van der Waals surface area (Å²) in [5.41, 5.74) is -0.263. The van der Waals surface area contributed by atoms with Gasteiger partial charge in [-0.15, -0.1) is 5.10 Å². The summed E-state index contributed by atoms with van der Waals surface area (Å²) in [6.07, 6.45) is 8.10. The first kappa shape index (κ1) is 15.3. The third-order valence-corrected chi connectivity index (χ3v) is 5.75. The van der Waals surface area contributed by atoms with Crippen molar-refractivity contribution in [3.8, 4) is 0 Å². The van der Waals surface area contributed by atoms with E-state index in [0.29, 0.717) is 23.8 Å². The third-order valence-electron chi connectivity index (χ3n) is 4.59. The fourth-order valence-electron chi connectivity index (χ4n) is 3.31. The van der Waals surface area contributed by atoms with Crippen LogP contribution in [0.1, 0.15) is 57.7 Å². The quantitative estimate of drug-likeness (QED) is 0.891. The maximum atomic E-state index is 10.1. The van der Waals surface area contributed by atoms with Crippen LogP contribution in [-0.2, 0) is 5.60 Å². The second kappa shape index (κ2) is 6.26. The van der Waals surface area contributed by atoms with Gasteiger partial charge in [0.25, 0.3) is 0 Å². The highest BCUT2D eigenvalue weighted by Crippen LogP contribution is 2.30. The van der Waals surface area contributed by atoms with Crippen molar-refractivity contribution in [3.63, 3.8) is 0 Å². The second-order valence-electron chi connectivity index (χ2n) is 6.83. The maximum Gasteiger partial charge on any atom is 0.114 e. The number of aliphatic hydroxyl groups is 1. The van der Waals surface area contributed by atoms with Gasteiger partial charge in [0.2, 0.25) is 0 Å². The van der Waals surface area contributed by atoms with Crippen LogP contribution < -0.4 is 5.32 Å². The minimum atomic E-state index is -0.919. The highest BCUT2D eigenvalue weighted by atomic mass is 32.2. The van der Waals surface area contributed by atoms with E-state index in [1.165, 1.54) is 37.2 Å². The molecule has 0 aromatic carbocycles. The first-order valence-electron chi connectivity index (χ1n) is 8.02. The van der Waals surface area contributed by atoms with Crippen LogP contribution in [0.25, 0.3) is 0 Å². The van der Waals surface area contributed by atoms with Gasteiger partial charge in [-0.05, 0) is 38.9 Å². The van der Waals surface area contributed by atoms with Crippen molar-refractivity contribution in [1.82, 2.24) is 20.3 Å². The normalized spacial score (nSPS) is 30.7. The summed E-state index contributed by atoms with van der Waals surface area (Å²) < 4.78 is 1.98. The summed E-state index contributed by atoms with van der Waals surface area (Å²) in [7, 11) is 0. The van der Waals surface area contributed by atoms with E-state index in [4.69, 9.17) is 0 Å². The van der Waals surface area contributed by atoms with Gasteiger partial charge in [-0.1, -0.05) is 18.1 Å². The largest absolute Gasteiger partial charge is 0.384 e. The van der Waals surface area contributed by atoms with Gasteiger partial charge in [-0.3, -0.25) is 0 Å². The molecule has 1 aromatic rings. The van der Waals surface area contributed by atoms with Crippen LogP contribution in [0.5, 0.6) is 0 Å². The lowest BCUT2D eigenvalue weighted by molar-refractivity contribution is 0.0736. The van der Waals surface area contributed by atoms with E-state index in [2.05, 4.69) is 15.6 Å². The van der Waals surface area contributed by atoms with Crippen molar-refractivity contribution in [3.05, 3.63) is 11.9 Å².